The van der Waals surface area contributed by atoms with Crippen LogP contribution in [-0.2, 0) is 4.79 Å². The Bertz CT molecular complexity index is 330. The lowest BCUT2D eigenvalue weighted by atomic mass is 10.2. The van der Waals surface area contributed by atoms with Crippen LogP contribution in [0.4, 0.5) is 4.79 Å². The van der Waals surface area contributed by atoms with Crippen LogP contribution in [0.3, 0.4) is 0 Å². The third-order valence-corrected chi connectivity index (χ3v) is 3.43. The highest BCUT2D eigenvalue weighted by Gasteiger charge is 2.39. The van der Waals surface area contributed by atoms with E-state index in [1.54, 1.807) is 0 Å². The number of β-amino-alcohol motifs (C(OH)–C–C–N with tert-alkyl or cyclic N) is 1. The predicted octanol–water partition coefficient (Wildman–Crippen LogP) is -0.383. The topological polar surface area (TPSA) is 93.1 Å². The van der Waals surface area contributed by atoms with E-state index in [4.69, 9.17) is 5.11 Å². The summed E-state index contributed by atoms with van der Waals surface area (Å²) < 4.78 is 0. The molecule has 2 aliphatic rings. The first kappa shape index (κ1) is 13.1. The first-order valence-corrected chi connectivity index (χ1v) is 6.31. The molecule has 2 fully saturated rings. The number of amides is 2. The maximum atomic E-state index is 12.0. The summed E-state index contributed by atoms with van der Waals surface area (Å²) in [5, 5.41) is 20.3. The zero-order valence-electron chi connectivity index (χ0n) is 10.2. The molecule has 2 heterocycles. The van der Waals surface area contributed by atoms with Crippen LogP contribution in [0.2, 0.25) is 0 Å². The Morgan fingerprint density at radius 1 is 1.17 bits per heavy atom. The number of hydrazine groups is 1. The fourth-order valence-electron chi connectivity index (χ4n) is 2.48. The minimum absolute atomic E-state index is 0.0800. The van der Waals surface area contributed by atoms with Crippen LogP contribution in [0, 0.1) is 0 Å². The molecule has 0 aromatic rings. The zero-order valence-corrected chi connectivity index (χ0v) is 10.2. The van der Waals surface area contributed by atoms with Crippen molar-refractivity contribution in [2.24, 2.45) is 0 Å². The monoisotopic (exact) mass is 257 g/mol. The van der Waals surface area contributed by atoms with Gasteiger partial charge in [-0.3, -0.25) is 5.43 Å². The van der Waals surface area contributed by atoms with Crippen LogP contribution in [0.5, 0.6) is 0 Å². The second-order valence-corrected chi connectivity index (χ2v) is 4.86. The Morgan fingerprint density at radius 3 is 2.44 bits per heavy atom. The third-order valence-electron chi connectivity index (χ3n) is 3.43. The summed E-state index contributed by atoms with van der Waals surface area (Å²) >= 11 is 0. The van der Waals surface area contributed by atoms with E-state index in [-0.39, 0.29) is 13.0 Å². The van der Waals surface area contributed by atoms with Crippen molar-refractivity contribution in [2.75, 3.05) is 19.6 Å². The lowest BCUT2D eigenvalue weighted by Gasteiger charge is -2.30. The number of aliphatic carboxylic acids is 1. The minimum Gasteiger partial charge on any atom is -0.480 e. The maximum Gasteiger partial charge on any atom is 0.332 e. The summed E-state index contributed by atoms with van der Waals surface area (Å²) in [5.74, 6) is -1.07. The largest absolute Gasteiger partial charge is 0.480 e. The van der Waals surface area contributed by atoms with Crippen molar-refractivity contribution in [1.82, 2.24) is 15.3 Å². The van der Waals surface area contributed by atoms with Gasteiger partial charge in [0.15, 0.2) is 0 Å². The molecule has 0 bridgehead atoms. The molecule has 0 aromatic carbocycles. The summed E-state index contributed by atoms with van der Waals surface area (Å²) in [6, 6.07) is -1.36. The van der Waals surface area contributed by atoms with E-state index in [0.29, 0.717) is 0 Å². The highest BCUT2D eigenvalue weighted by Crippen LogP contribution is 2.18. The molecule has 0 unspecified atom stereocenters. The van der Waals surface area contributed by atoms with Crippen molar-refractivity contribution in [3.63, 3.8) is 0 Å². The van der Waals surface area contributed by atoms with E-state index in [9.17, 15) is 14.7 Å². The average Bonchev–Trinajstić information content (AvgIpc) is 2.73. The fraction of sp³-hybridized carbons (Fsp3) is 0.818. The lowest BCUT2D eigenvalue weighted by Crippen LogP contribution is -2.53. The molecular weight excluding hydrogens is 238 g/mol. The predicted molar refractivity (Wildman–Crippen MR) is 62.7 cm³/mol. The molecular formula is C11H19N3O4. The van der Waals surface area contributed by atoms with Gasteiger partial charge in [0.25, 0.3) is 0 Å². The van der Waals surface area contributed by atoms with E-state index in [1.165, 1.54) is 4.90 Å². The number of urea groups is 1. The summed E-state index contributed by atoms with van der Waals surface area (Å²) in [7, 11) is 0. The third kappa shape index (κ3) is 2.91. The molecule has 0 aromatic heterocycles. The van der Waals surface area contributed by atoms with Gasteiger partial charge in [-0.15, -0.1) is 0 Å². The molecule has 7 nitrogen and oxygen atoms in total. The van der Waals surface area contributed by atoms with Crippen LogP contribution in [0.1, 0.15) is 25.7 Å². The first-order chi connectivity index (χ1) is 8.58. The zero-order chi connectivity index (χ0) is 13.1. The van der Waals surface area contributed by atoms with Crippen LogP contribution < -0.4 is 5.43 Å². The normalized spacial score (nSPS) is 29.3. The molecule has 18 heavy (non-hydrogen) atoms. The Balaban J connectivity index is 1.92. The number of aliphatic hydroxyl groups excluding tert-OH is 1. The maximum absolute atomic E-state index is 12.0. The smallest absolute Gasteiger partial charge is 0.332 e. The van der Waals surface area contributed by atoms with Crippen LogP contribution in [0.15, 0.2) is 0 Å². The summed E-state index contributed by atoms with van der Waals surface area (Å²) in [6.45, 7) is 1.66. The molecule has 0 spiro atoms. The second kappa shape index (κ2) is 5.53. The van der Waals surface area contributed by atoms with Gasteiger partial charge in [0, 0.05) is 26.1 Å². The van der Waals surface area contributed by atoms with Crippen molar-refractivity contribution in [2.45, 2.75) is 37.8 Å². The first-order valence-electron chi connectivity index (χ1n) is 6.31. The lowest BCUT2D eigenvalue weighted by molar-refractivity contribution is -0.141. The number of hydrogen-bond acceptors (Lipinski definition) is 4. The number of likely N-dealkylation sites (tertiary alicyclic amines) is 1. The van der Waals surface area contributed by atoms with Crippen LogP contribution in [0.25, 0.3) is 0 Å². The number of hydrogen-bond donors (Lipinski definition) is 3. The Kier molecular flexibility index (Phi) is 4.03. The number of carboxylic acids is 1. The van der Waals surface area contributed by atoms with E-state index in [1.807, 2.05) is 5.01 Å². The van der Waals surface area contributed by atoms with E-state index in [2.05, 4.69) is 5.43 Å². The highest BCUT2D eigenvalue weighted by atomic mass is 16.4. The van der Waals surface area contributed by atoms with Gasteiger partial charge in [-0.05, 0) is 12.8 Å². The van der Waals surface area contributed by atoms with Crippen molar-refractivity contribution in [1.29, 1.82) is 0 Å². The van der Waals surface area contributed by atoms with E-state index in [0.717, 1.165) is 32.4 Å². The molecule has 2 atom stereocenters. The Hall–Kier alpha value is -1.34. The number of carboxylic acid groups (broad SMARTS) is 1. The fourth-order valence-corrected chi connectivity index (χ4v) is 2.48. The molecule has 2 amide bonds. The number of piperidine rings is 1. The van der Waals surface area contributed by atoms with Gasteiger partial charge in [-0.1, -0.05) is 6.42 Å². The molecule has 7 heteroatoms. The molecule has 0 aliphatic carbocycles. The van der Waals surface area contributed by atoms with Crippen molar-refractivity contribution < 1.29 is 19.8 Å². The molecule has 2 rings (SSSR count). The Labute approximate surface area is 105 Å². The number of aliphatic hydroxyl groups is 1. The van der Waals surface area contributed by atoms with Crippen molar-refractivity contribution in [3.05, 3.63) is 0 Å². The SMILES string of the molecule is O=C(O)[C@@H]1C[C@H](O)CN1C(=O)NN1CCCCC1. The quantitative estimate of drug-likeness (QED) is 0.627. The average molecular weight is 257 g/mol. The standard InChI is InChI=1S/C11H19N3O4/c15-8-6-9(10(16)17)14(7-8)11(18)12-13-4-2-1-3-5-13/h8-9,15H,1-7H2,(H,12,18)(H,16,17)/t8-,9-/m0/s1. The number of nitrogens with zero attached hydrogens (tertiary/aromatic N) is 2. The molecule has 3 N–H and O–H groups in total. The molecule has 2 saturated heterocycles. The summed E-state index contributed by atoms with van der Waals surface area (Å²) in [5.41, 5.74) is 2.71. The number of rotatable bonds is 2. The number of nitrogens with one attached hydrogen (secondary N) is 1. The summed E-state index contributed by atoms with van der Waals surface area (Å²) in [6.07, 6.45) is 2.57. The second-order valence-electron chi connectivity index (χ2n) is 4.86. The van der Waals surface area contributed by atoms with Crippen LogP contribution >= 0.6 is 0 Å². The van der Waals surface area contributed by atoms with Crippen LogP contribution in [-0.4, -0.2) is 63.9 Å². The van der Waals surface area contributed by atoms with E-state index >= 15 is 0 Å². The van der Waals surface area contributed by atoms with E-state index < -0.39 is 24.1 Å². The van der Waals surface area contributed by atoms with Crippen molar-refractivity contribution >= 4 is 12.0 Å². The van der Waals surface area contributed by atoms with Gasteiger partial charge in [0.2, 0.25) is 0 Å². The van der Waals surface area contributed by atoms with Gasteiger partial charge in [-0.25, -0.2) is 14.6 Å². The summed E-state index contributed by atoms with van der Waals surface area (Å²) in [4.78, 5) is 24.2. The molecule has 102 valence electrons. The van der Waals surface area contributed by atoms with Gasteiger partial charge in [0.1, 0.15) is 6.04 Å². The van der Waals surface area contributed by atoms with Crippen molar-refractivity contribution in [3.8, 4) is 0 Å². The van der Waals surface area contributed by atoms with Gasteiger partial charge in [0.05, 0.1) is 6.10 Å². The number of carbonyl (C=O) groups excluding carboxylic acids is 1. The minimum atomic E-state index is -1.07. The van der Waals surface area contributed by atoms with Gasteiger partial charge < -0.3 is 15.1 Å². The molecule has 0 radical (unpaired) electrons. The number of carbonyl (C=O) groups is 2. The molecule has 2 aliphatic heterocycles. The van der Waals surface area contributed by atoms with Gasteiger partial charge in [-0.2, -0.15) is 0 Å². The molecule has 0 saturated carbocycles. The highest BCUT2D eigenvalue weighted by molar-refractivity contribution is 5.83. The van der Waals surface area contributed by atoms with Gasteiger partial charge >= 0.3 is 12.0 Å². The Morgan fingerprint density at radius 2 is 1.83 bits per heavy atom.